The van der Waals surface area contributed by atoms with Gasteiger partial charge in [0.05, 0.1) is 12.8 Å². The Balaban J connectivity index is 2.67. The van der Waals surface area contributed by atoms with Gasteiger partial charge in [-0.25, -0.2) is 4.99 Å². The molecule has 0 bridgehead atoms. The van der Waals surface area contributed by atoms with E-state index >= 15 is 0 Å². The Hall–Kier alpha value is -1.97. The molecular formula is C13H13NO3. The average Bonchev–Trinajstić information content (AvgIpc) is 2.64. The van der Waals surface area contributed by atoms with Gasteiger partial charge in [-0.05, 0) is 13.0 Å². The van der Waals surface area contributed by atoms with Crippen molar-refractivity contribution in [1.29, 1.82) is 0 Å². The number of ketones is 1. The molecule has 0 saturated carbocycles. The maximum absolute atomic E-state index is 12.0. The first-order chi connectivity index (χ1) is 8.01. The van der Waals surface area contributed by atoms with Crippen molar-refractivity contribution in [3.05, 3.63) is 29.8 Å². The Kier molecular flexibility index (Phi) is 2.58. The van der Waals surface area contributed by atoms with Gasteiger partial charge in [-0.2, -0.15) is 0 Å². The molecule has 1 atom stereocenters. The fourth-order valence-electron chi connectivity index (χ4n) is 2.20. The van der Waals surface area contributed by atoms with Crippen LogP contribution in [0.5, 0.6) is 0 Å². The van der Waals surface area contributed by atoms with Crippen molar-refractivity contribution in [1.82, 2.24) is 0 Å². The first-order valence-electron chi connectivity index (χ1n) is 5.30. The molecule has 0 radical (unpaired) electrons. The first-order valence-corrected chi connectivity index (χ1v) is 5.30. The summed E-state index contributed by atoms with van der Waals surface area (Å²) in [5.74, 6) is -0.675. The standard InChI is InChI=1S/C13H13NO3/c1-8(15)11-13(2,12(16)17-3)9-6-4-5-7-10(9)14-11/h4-7H,1-3H3/t13-/m1/s1. The number of rotatable bonds is 2. The quantitative estimate of drug-likeness (QED) is 0.729. The Bertz CT molecular complexity index is 533. The molecule has 0 fully saturated rings. The zero-order valence-corrected chi connectivity index (χ0v) is 9.98. The van der Waals surface area contributed by atoms with Crippen LogP contribution < -0.4 is 0 Å². The second-order valence-corrected chi connectivity index (χ2v) is 4.15. The Morgan fingerprint density at radius 3 is 2.53 bits per heavy atom. The summed E-state index contributed by atoms with van der Waals surface area (Å²) in [5, 5.41) is 0. The van der Waals surface area contributed by atoms with Crippen molar-refractivity contribution >= 4 is 23.2 Å². The van der Waals surface area contributed by atoms with Gasteiger partial charge in [-0.3, -0.25) is 9.59 Å². The number of carbonyl (C=O) groups is 2. The second kappa shape index (κ2) is 3.80. The number of hydrogen-bond acceptors (Lipinski definition) is 4. The van der Waals surface area contributed by atoms with E-state index in [1.807, 2.05) is 12.1 Å². The van der Waals surface area contributed by atoms with Gasteiger partial charge in [0.25, 0.3) is 0 Å². The number of ether oxygens (including phenoxy) is 1. The minimum atomic E-state index is -1.09. The van der Waals surface area contributed by atoms with E-state index in [0.717, 1.165) is 5.56 Å². The van der Waals surface area contributed by atoms with Gasteiger partial charge in [0.15, 0.2) is 5.78 Å². The number of Topliss-reactive ketones (excluding diaryl/α,β-unsaturated/α-hetero) is 1. The van der Waals surface area contributed by atoms with Crippen LogP contribution in [-0.4, -0.2) is 24.6 Å². The average molecular weight is 231 g/mol. The molecule has 17 heavy (non-hydrogen) atoms. The highest BCUT2D eigenvalue weighted by molar-refractivity contribution is 6.48. The summed E-state index contributed by atoms with van der Waals surface area (Å²) in [5.41, 5.74) is 0.533. The van der Waals surface area contributed by atoms with Crippen LogP contribution in [0.1, 0.15) is 19.4 Å². The first kappa shape index (κ1) is 11.5. The van der Waals surface area contributed by atoms with E-state index in [-0.39, 0.29) is 11.5 Å². The number of benzene rings is 1. The largest absolute Gasteiger partial charge is 0.468 e. The summed E-state index contributed by atoms with van der Waals surface area (Å²) < 4.78 is 4.80. The third-order valence-corrected chi connectivity index (χ3v) is 3.08. The van der Waals surface area contributed by atoms with Gasteiger partial charge >= 0.3 is 5.97 Å². The molecule has 0 unspecified atom stereocenters. The van der Waals surface area contributed by atoms with Crippen molar-refractivity contribution in [3.63, 3.8) is 0 Å². The summed E-state index contributed by atoms with van der Waals surface area (Å²) in [4.78, 5) is 27.8. The molecule has 4 nitrogen and oxygen atoms in total. The molecule has 88 valence electrons. The fourth-order valence-corrected chi connectivity index (χ4v) is 2.20. The number of carbonyl (C=O) groups excluding carboxylic acids is 2. The van der Waals surface area contributed by atoms with Crippen LogP contribution in [0.3, 0.4) is 0 Å². The summed E-state index contributed by atoms with van der Waals surface area (Å²) >= 11 is 0. The lowest BCUT2D eigenvalue weighted by molar-refractivity contribution is -0.144. The number of fused-ring (bicyclic) bond motifs is 1. The van der Waals surface area contributed by atoms with Crippen LogP contribution in [0.2, 0.25) is 0 Å². The van der Waals surface area contributed by atoms with Crippen LogP contribution in [-0.2, 0) is 19.7 Å². The third-order valence-electron chi connectivity index (χ3n) is 3.08. The lowest BCUT2D eigenvalue weighted by atomic mass is 9.78. The molecule has 0 aromatic heterocycles. The number of aliphatic imine (C=N–C) groups is 1. The number of methoxy groups -OCH3 is 1. The van der Waals surface area contributed by atoms with Gasteiger partial charge in [-0.1, -0.05) is 18.2 Å². The van der Waals surface area contributed by atoms with Crippen molar-refractivity contribution in [2.75, 3.05) is 7.11 Å². The Morgan fingerprint density at radius 2 is 1.94 bits per heavy atom. The molecule has 1 aliphatic heterocycles. The van der Waals surface area contributed by atoms with E-state index in [9.17, 15) is 9.59 Å². The summed E-state index contributed by atoms with van der Waals surface area (Å²) in [7, 11) is 1.31. The highest BCUT2D eigenvalue weighted by Gasteiger charge is 2.48. The van der Waals surface area contributed by atoms with Crippen LogP contribution in [0.4, 0.5) is 5.69 Å². The molecule has 0 amide bonds. The van der Waals surface area contributed by atoms with Gasteiger partial charge in [-0.15, -0.1) is 0 Å². The van der Waals surface area contributed by atoms with E-state index in [2.05, 4.69) is 4.99 Å². The van der Waals surface area contributed by atoms with Gasteiger partial charge in [0.2, 0.25) is 0 Å². The summed E-state index contributed by atoms with van der Waals surface area (Å²) in [6, 6.07) is 7.22. The summed E-state index contributed by atoms with van der Waals surface area (Å²) in [6.07, 6.45) is 0. The van der Waals surface area contributed by atoms with Crippen LogP contribution in [0.15, 0.2) is 29.3 Å². The zero-order chi connectivity index (χ0) is 12.6. The fraction of sp³-hybridized carbons (Fsp3) is 0.308. The lowest BCUT2D eigenvalue weighted by Gasteiger charge is -2.23. The lowest BCUT2D eigenvalue weighted by Crippen LogP contribution is -2.42. The molecule has 1 heterocycles. The van der Waals surface area contributed by atoms with Gasteiger partial charge in [0.1, 0.15) is 11.1 Å². The predicted molar refractivity (Wildman–Crippen MR) is 63.6 cm³/mol. The van der Waals surface area contributed by atoms with Crippen molar-refractivity contribution < 1.29 is 14.3 Å². The smallest absolute Gasteiger partial charge is 0.322 e. The number of para-hydroxylation sites is 1. The molecular weight excluding hydrogens is 218 g/mol. The molecule has 1 aromatic carbocycles. The van der Waals surface area contributed by atoms with E-state index in [0.29, 0.717) is 5.69 Å². The van der Waals surface area contributed by atoms with Crippen molar-refractivity contribution in [2.24, 2.45) is 4.99 Å². The Morgan fingerprint density at radius 1 is 1.29 bits per heavy atom. The van der Waals surface area contributed by atoms with Crippen molar-refractivity contribution in [2.45, 2.75) is 19.3 Å². The molecule has 1 aromatic rings. The maximum atomic E-state index is 12.0. The molecule has 0 aliphatic carbocycles. The SMILES string of the molecule is COC(=O)[C@@]1(C)C(C(C)=O)=Nc2ccccc21. The summed E-state index contributed by atoms with van der Waals surface area (Å²) in [6.45, 7) is 3.08. The number of esters is 1. The van der Waals surface area contributed by atoms with Gasteiger partial charge in [0, 0.05) is 12.5 Å². The second-order valence-electron chi connectivity index (χ2n) is 4.15. The van der Waals surface area contributed by atoms with E-state index in [1.54, 1.807) is 19.1 Å². The maximum Gasteiger partial charge on any atom is 0.322 e. The molecule has 0 saturated heterocycles. The highest BCUT2D eigenvalue weighted by atomic mass is 16.5. The monoisotopic (exact) mass is 231 g/mol. The normalized spacial score (nSPS) is 21.7. The van der Waals surface area contributed by atoms with E-state index in [4.69, 9.17) is 4.74 Å². The number of hydrogen-bond donors (Lipinski definition) is 0. The molecule has 0 N–H and O–H groups in total. The minimum absolute atomic E-state index is 0.214. The molecule has 1 aliphatic rings. The van der Waals surface area contributed by atoms with Crippen molar-refractivity contribution in [3.8, 4) is 0 Å². The zero-order valence-electron chi connectivity index (χ0n) is 9.98. The topological polar surface area (TPSA) is 55.7 Å². The third kappa shape index (κ3) is 1.48. The Labute approximate surface area is 99.3 Å². The number of nitrogens with zero attached hydrogens (tertiary/aromatic N) is 1. The van der Waals surface area contributed by atoms with E-state index < -0.39 is 11.4 Å². The van der Waals surface area contributed by atoms with Crippen LogP contribution in [0.25, 0.3) is 0 Å². The van der Waals surface area contributed by atoms with Crippen LogP contribution >= 0.6 is 0 Å². The molecule has 4 heteroatoms. The van der Waals surface area contributed by atoms with E-state index in [1.165, 1.54) is 14.0 Å². The molecule has 0 spiro atoms. The highest BCUT2D eigenvalue weighted by Crippen LogP contribution is 2.41. The predicted octanol–water partition coefficient (Wildman–Crippen LogP) is 1.79. The van der Waals surface area contributed by atoms with Gasteiger partial charge < -0.3 is 4.74 Å². The molecule has 2 rings (SSSR count). The van der Waals surface area contributed by atoms with Crippen LogP contribution in [0, 0.1) is 0 Å². The minimum Gasteiger partial charge on any atom is -0.468 e.